The first-order valence-corrected chi connectivity index (χ1v) is 5.39. The number of hydrogen-bond donors (Lipinski definition) is 0. The van der Waals surface area contributed by atoms with Crippen LogP contribution in [0, 0.1) is 6.92 Å². The monoisotopic (exact) mass is 208 g/mol. The predicted octanol–water partition coefficient (Wildman–Crippen LogP) is 1.54. The van der Waals surface area contributed by atoms with E-state index < -0.39 is 0 Å². The fourth-order valence-corrected chi connectivity index (χ4v) is 2.04. The van der Waals surface area contributed by atoms with Crippen molar-refractivity contribution < 1.29 is 9.21 Å². The van der Waals surface area contributed by atoms with Gasteiger partial charge < -0.3 is 9.21 Å². The van der Waals surface area contributed by atoms with E-state index in [9.17, 15) is 4.79 Å². The molecule has 0 saturated carbocycles. The Balaban J connectivity index is 2.03. The van der Waals surface area contributed by atoms with Gasteiger partial charge in [0.2, 0.25) is 0 Å². The first-order valence-electron chi connectivity index (χ1n) is 5.39. The standard InChI is InChI=1S/C11H16N2O2/c1-9-11(12-8-15-9)6-13-5-3-2-4-10(13)7-14/h7-8,10H,2-6H2,1H3. The van der Waals surface area contributed by atoms with Gasteiger partial charge in [-0.25, -0.2) is 4.98 Å². The van der Waals surface area contributed by atoms with E-state index in [0.29, 0.717) is 0 Å². The summed E-state index contributed by atoms with van der Waals surface area (Å²) in [5, 5.41) is 0. The highest BCUT2D eigenvalue weighted by molar-refractivity contribution is 5.57. The number of nitrogens with zero attached hydrogens (tertiary/aromatic N) is 2. The Morgan fingerprint density at radius 1 is 1.67 bits per heavy atom. The number of likely N-dealkylation sites (tertiary alicyclic amines) is 1. The first-order chi connectivity index (χ1) is 7.31. The summed E-state index contributed by atoms with van der Waals surface area (Å²) in [6.45, 7) is 3.61. The van der Waals surface area contributed by atoms with Gasteiger partial charge in [-0.3, -0.25) is 4.90 Å². The Hall–Kier alpha value is -1.16. The molecular formula is C11H16N2O2. The van der Waals surface area contributed by atoms with Gasteiger partial charge in [-0.1, -0.05) is 6.42 Å². The van der Waals surface area contributed by atoms with Crippen LogP contribution in [0.1, 0.15) is 30.7 Å². The molecule has 2 rings (SSSR count). The summed E-state index contributed by atoms with van der Waals surface area (Å²) in [4.78, 5) is 17.2. The van der Waals surface area contributed by atoms with E-state index in [1.807, 2.05) is 6.92 Å². The first kappa shape index (κ1) is 10.4. The molecule has 1 aromatic rings. The van der Waals surface area contributed by atoms with Crippen LogP contribution in [0.3, 0.4) is 0 Å². The smallest absolute Gasteiger partial charge is 0.181 e. The topological polar surface area (TPSA) is 46.3 Å². The molecule has 1 aliphatic rings. The number of aldehydes is 1. The average molecular weight is 208 g/mol. The lowest BCUT2D eigenvalue weighted by atomic mass is 10.0. The van der Waals surface area contributed by atoms with Crippen molar-refractivity contribution >= 4 is 6.29 Å². The minimum Gasteiger partial charge on any atom is -0.448 e. The summed E-state index contributed by atoms with van der Waals surface area (Å²) in [6, 6.07) is 0.0647. The van der Waals surface area contributed by atoms with Crippen molar-refractivity contribution in [2.75, 3.05) is 6.54 Å². The fraction of sp³-hybridized carbons (Fsp3) is 0.636. The van der Waals surface area contributed by atoms with Gasteiger partial charge in [0.05, 0.1) is 11.7 Å². The Kier molecular flexibility index (Phi) is 3.16. The number of aromatic nitrogens is 1. The maximum absolute atomic E-state index is 10.9. The molecule has 4 heteroatoms. The minimum absolute atomic E-state index is 0.0647. The molecule has 0 radical (unpaired) electrons. The normalized spacial score (nSPS) is 22.9. The number of hydrogen-bond acceptors (Lipinski definition) is 4. The van der Waals surface area contributed by atoms with E-state index in [4.69, 9.17) is 4.42 Å². The number of rotatable bonds is 3. The van der Waals surface area contributed by atoms with Gasteiger partial charge in [-0.15, -0.1) is 0 Å². The molecule has 15 heavy (non-hydrogen) atoms. The maximum Gasteiger partial charge on any atom is 0.181 e. The van der Waals surface area contributed by atoms with E-state index in [1.165, 1.54) is 12.8 Å². The van der Waals surface area contributed by atoms with Gasteiger partial charge in [-0.2, -0.15) is 0 Å². The lowest BCUT2D eigenvalue weighted by molar-refractivity contribution is -0.113. The molecule has 0 aromatic carbocycles. The second-order valence-corrected chi connectivity index (χ2v) is 4.02. The fourth-order valence-electron chi connectivity index (χ4n) is 2.04. The number of oxazole rings is 1. The van der Waals surface area contributed by atoms with E-state index in [2.05, 4.69) is 9.88 Å². The summed E-state index contributed by atoms with van der Waals surface area (Å²) < 4.78 is 5.15. The van der Waals surface area contributed by atoms with E-state index >= 15 is 0 Å². The molecule has 0 amide bonds. The summed E-state index contributed by atoms with van der Waals surface area (Å²) in [6.07, 6.45) is 5.80. The van der Waals surface area contributed by atoms with Crippen LogP contribution in [0.15, 0.2) is 10.8 Å². The quantitative estimate of drug-likeness (QED) is 0.707. The van der Waals surface area contributed by atoms with Crippen molar-refractivity contribution in [3.05, 3.63) is 17.8 Å². The van der Waals surface area contributed by atoms with Crippen molar-refractivity contribution in [2.45, 2.75) is 38.8 Å². The maximum atomic E-state index is 10.9. The number of aryl methyl sites for hydroxylation is 1. The zero-order chi connectivity index (χ0) is 10.7. The molecule has 0 bridgehead atoms. The zero-order valence-corrected chi connectivity index (χ0v) is 8.98. The van der Waals surface area contributed by atoms with Gasteiger partial charge in [0.15, 0.2) is 6.39 Å². The van der Waals surface area contributed by atoms with Crippen LogP contribution < -0.4 is 0 Å². The van der Waals surface area contributed by atoms with Crippen LogP contribution in [0.4, 0.5) is 0 Å². The van der Waals surface area contributed by atoms with Gasteiger partial charge in [0.25, 0.3) is 0 Å². The molecule has 1 saturated heterocycles. The van der Waals surface area contributed by atoms with Crippen LogP contribution in [-0.4, -0.2) is 28.8 Å². The molecule has 82 valence electrons. The summed E-state index contributed by atoms with van der Waals surface area (Å²) >= 11 is 0. The summed E-state index contributed by atoms with van der Waals surface area (Å²) in [7, 11) is 0. The summed E-state index contributed by atoms with van der Waals surface area (Å²) in [5.41, 5.74) is 0.948. The molecular weight excluding hydrogens is 192 g/mol. The second-order valence-electron chi connectivity index (χ2n) is 4.02. The van der Waals surface area contributed by atoms with E-state index in [1.54, 1.807) is 0 Å². The van der Waals surface area contributed by atoms with Crippen LogP contribution in [0.25, 0.3) is 0 Å². The highest BCUT2D eigenvalue weighted by Crippen LogP contribution is 2.18. The Labute approximate surface area is 89.3 Å². The molecule has 2 heterocycles. The molecule has 1 atom stereocenters. The predicted molar refractivity (Wildman–Crippen MR) is 55.4 cm³/mol. The van der Waals surface area contributed by atoms with Crippen LogP contribution in [0.5, 0.6) is 0 Å². The SMILES string of the molecule is Cc1ocnc1CN1CCCCC1C=O. The van der Waals surface area contributed by atoms with Crippen LogP contribution in [-0.2, 0) is 11.3 Å². The summed E-state index contributed by atoms with van der Waals surface area (Å²) in [5.74, 6) is 0.852. The third-order valence-electron chi connectivity index (χ3n) is 3.02. The van der Waals surface area contributed by atoms with Gasteiger partial charge in [0.1, 0.15) is 12.0 Å². The molecule has 0 N–H and O–H groups in total. The Bertz CT molecular complexity index is 335. The van der Waals surface area contributed by atoms with Crippen molar-refractivity contribution in [3.8, 4) is 0 Å². The molecule has 0 spiro atoms. The van der Waals surface area contributed by atoms with Crippen molar-refractivity contribution in [1.29, 1.82) is 0 Å². The lowest BCUT2D eigenvalue weighted by Gasteiger charge is -2.31. The molecule has 1 unspecified atom stereocenters. The molecule has 1 fully saturated rings. The third kappa shape index (κ3) is 2.26. The molecule has 1 aliphatic heterocycles. The van der Waals surface area contributed by atoms with Crippen molar-refractivity contribution in [2.24, 2.45) is 0 Å². The van der Waals surface area contributed by atoms with Gasteiger partial charge in [0, 0.05) is 6.54 Å². The van der Waals surface area contributed by atoms with Gasteiger partial charge in [-0.05, 0) is 26.3 Å². The molecule has 1 aromatic heterocycles. The lowest BCUT2D eigenvalue weighted by Crippen LogP contribution is -2.40. The van der Waals surface area contributed by atoms with Gasteiger partial charge >= 0.3 is 0 Å². The highest BCUT2D eigenvalue weighted by atomic mass is 16.3. The van der Waals surface area contributed by atoms with Crippen molar-refractivity contribution in [1.82, 2.24) is 9.88 Å². The highest BCUT2D eigenvalue weighted by Gasteiger charge is 2.22. The third-order valence-corrected chi connectivity index (χ3v) is 3.02. The van der Waals surface area contributed by atoms with Crippen LogP contribution >= 0.6 is 0 Å². The number of carbonyl (C=O) groups is 1. The Morgan fingerprint density at radius 2 is 2.53 bits per heavy atom. The van der Waals surface area contributed by atoms with Crippen LogP contribution in [0.2, 0.25) is 0 Å². The second kappa shape index (κ2) is 4.57. The minimum atomic E-state index is 0.0647. The van der Waals surface area contributed by atoms with E-state index in [-0.39, 0.29) is 6.04 Å². The molecule has 4 nitrogen and oxygen atoms in total. The largest absolute Gasteiger partial charge is 0.448 e. The van der Waals surface area contributed by atoms with E-state index in [0.717, 1.165) is 43.7 Å². The molecule has 0 aliphatic carbocycles. The number of piperidine rings is 1. The van der Waals surface area contributed by atoms with Crippen molar-refractivity contribution in [3.63, 3.8) is 0 Å². The zero-order valence-electron chi connectivity index (χ0n) is 8.98. The average Bonchev–Trinajstić information content (AvgIpc) is 2.65. The number of carbonyl (C=O) groups excluding carboxylic acids is 1. The Morgan fingerprint density at radius 3 is 3.20 bits per heavy atom.